The van der Waals surface area contributed by atoms with E-state index in [2.05, 4.69) is 19.4 Å². The first-order valence-electron chi connectivity index (χ1n) is 8.82. The molecule has 29 heavy (non-hydrogen) atoms. The number of aryl methyl sites for hydroxylation is 1. The van der Waals surface area contributed by atoms with E-state index in [0.717, 1.165) is 5.56 Å². The van der Waals surface area contributed by atoms with Crippen LogP contribution in [0.5, 0.6) is 5.75 Å². The van der Waals surface area contributed by atoms with Gasteiger partial charge in [0.2, 0.25) is 15.2 Å². The van der Waals surface area contributed by atoms with E-state index in [9.17, 15) is 12.8 Å². The standard InChI is InChI=1S/C19H21FN4O3S2/c1-13-11-14(3-8-17(13)20)12-18-23-19(28-24-18)21-9-10-22-29(25,26)16-6-4-15(27-2)5-7-16/h3-8,11,22H,9-10,12H2,1-2H3,(H,21,23,24). The Balaban J connectivity index is 1.48. The third-order valence-corrected chi connectivity index (χ3v) is 6.30. The minimum Gasteiger partial charge on any atom is -0.497 e. The summed E-state index contributed by atoms with van der Waals surface area (Å²) in [6, 6.07) is 11.1. The van der Waals surface area contributed by atoms with Crippen molar-refractivity contribution in [2.75, 3.05) is 25.5 Å². The highest BCUT2D eigenvalue weighted by Gasteiger charge is 2.13. The Hall–Kier alpha value is -2.56. The van der Waals surface area contributed by atoms with Crippen molar-refractivity contribution < 1.29 is 17.5 Å². The minimum absolute atomic E-state index is 0.172. The van der Waals surface area contributed by atoms with E-state index < -0.39 is 10.0 Å². The van der Waals surface area contributed by atoms with Gasteiger partial charge in [-0.25, -0.2) is 22.5 Å². The molecule has 10 heteroatoms. The largest absolute Gasteiger partial charge is 0.497 e. The first-order valence-corrected chi connectivity index (χ1v) is 11.1. The maximum atomic E-state index is 13.3. The van der Waals surface area contributed by atoms with Gasteiger partial charge in [-0.15, -0.1) is 0 Å². The van der Waals surface area contributed by atoms with Crippen molar-refractivity contribution in [2.45, 2.75) is 18.2 Å². The Labute approximate surface area is 173 Å². The van der Waals surface area contributed by atoms with E-state index >= 15 is 0 Å². The Morgan fingerprint density at radius 2 is 1.90 bits per heavy atom. The zero-order valence-electron chi connectivity index (χ0n) is 16.0. The van der Waals surface area contributed by atoms with Gasteiger partial charge in [0.15, 0.2) is 0 Å². The number of aromatic nitrogens is 2. The fourth-order valence-electron chi connectivity index (χ4n) is 2.59. The zero-order chi connectivity index (χ0) is 20.9. The van der Waals surface area contributed by atoms with Crippen molar-refractivity contribution >= 4 is 26.7 Å². The van der Waals surface area contributed by atoms with Gasteiger partial charge in [-0.05, 0) is 48.4 Å². The summed E-state index contributed by atoms with van der Waals surface area (Å²) in [5.41, 5.74) is 1.51. The molecule has 3 rings (SSSR count). The van der Waals surface area contributed by atoms with Gasteiger partial charge < -0.3 is 10.1 Å². The summed E-state index contributed by atoms with van der Waals surface area (Å²) in [5.74, 6) is 0.982. The summed E-state index contributed by atoms with van der Waals surface area (Å²) >= 11 is 1.20. The van der Waals surface area contributed by atoms with Crippen LogP contribution in [-0.4, -0.2) is 38.0 Å². The minimum atomic E-state index is -3.59. The first kappa shape index (κ1) is 21.2. The van der Waals surface area contributed by atoms with E-state index in [-0.39, 0.29) is 17.3 Å². The van der Waals surface area contributed by atoms with Crippen molar-refractivity contribution in [3.8, 4) is 5.75 Å². The van der Waals surface area contributed by atoms with E-state index in [1.54, 1.807) is 31.2 Å². The quantitative estimate of drug-likeness (QED) is 0.501. The molecule has 0 amide bonds. The van der Waals surface area contributed by atoms with Crippen LogP contribution < -0.4 is 14.8 Å². The Morgan fingerprint density at radius 3 is 2.59 bits per heavy atom. The van der Waals surface area contributed by atoms with Crippen LogP contribution in [0.4, 0.5) is 9.52 Å². The number of rotatable bonds is 9. The van der Waals surface area contributed by atoms with Crippen LogP contribution in [0, 0.1) is 12.7 Å². The lowest BCUT2D eigenvalue weighted by Gasteiger charge is -2.08. The smallest absolute Gasteiger partial charge is 0.240 e. The van der Waals surface area contributed by atoms with Crippen LogP contribution >= 0.6 is 11.5 Å². The summed E-state index contributed by atoms with van der Waals surface area (Å²) < 4.78 is 49.7. The fourth-order valence-corrected chi connectivity index (χ4v) is 4.23. The average Bonchev–Trinajstić information content (AvgIpc) is 3.15. The van der Waals surface area contributed by atoms with Gasteiger partial charge in [-0.1, -0.05) is 12.1 Å². The SMILES string of the molecule is COc1ccc(S(=O)(=O)NCCNc2nc(Cc3ccc(F)c(C)c3)ns2)cc1. The predicted octanol–water partition coefficient (Wildman–Crippen LogP) is 2.98. The summed E-state index contributed by atoms with van der Waals surface area (Å²) in [6.07, 6.45) is 0.503. The number of anilines is 1. The molecular weight excluding hydrogens is 415 g/mol. The number of ether oxygens (including phenoxy) is 1. The molecule has 2 aromatic carbocycles. The molecule has 0 fully saturated rings. The van der Waals surface area contributed by atoms with Crippen molar-refractivity contribution in [1.29, 1.82) is 0 Å². The molecule has 0 atom stereocenters. The van der Waals surface area contributed by atoms with E-state index in [1.807, 2.05) is 0 Å². The number of sulfonamides is 1. The number of methoxy groups -OCH3 is 1. The van der Waals surface area contributed by atoms with Crippen LogP contribution in [0.15, 0.2) is 47.4 Å². The molecular formula is C19H21FN4O3S2. The van der Waals surface area contributed by atoms with Crippen LogP contribution in [0.2, 0.25) is 0 Å². The lowest BCUT2D eigenvalue weighted by atomic mass is 10.1. The molecule has 0 spiro atoms. The second kappa shape index (κ2) is 9.29. The molecule has 0 aliphatic heterocycles. The molecule has 0 saturated heterocycles. The van der Waals surface area contributed by atoms with Gasteiger partial charge in [-0.2, -0.15) is 4.37 Å². The van der Waals surface area contributed by atoms with E-state index in [0.29, 0.717) is 35.2 Å². The van der Waals surface area contributed by atoms with Crippen LogP contribution in [0.25, 0.3) is 0 Å². The summed E-state index contributed by atoms with van der Waals surface area (Å²) in [5, 5.41) is 3.65. The highest BCUT2D eigenvalue weighted by molar-refractivity contribution is 7.89. The Kier molecular flexibility index (Phi) is 6.78. The van der Waals surface area contributed by atoms with Gasteiger partial charge >= 0.3 is 0 Å². The highest BCUT2D eigenvalue weighted by atomic mass is 32.2. The normalized spacial score (nSPS) is 11.4. The number of benzene rings is 2. The first-order chi connectivity index (χ1) is 13.9. The summed E-state index contributed by atoms with van der Waals surface area (Å²) in [6.45, 7) is 2.27. The molecule has 0 radical (unpaired) electrons. The van der Waals surface area contributed by atoms with Crippen molar-refractivity contribution in [2.24, 2.45) is 0 Å². The third kappa shape index (κ3) is 5.72. The second-order valence-corrected chi connectivity index (χ2v) is 8.79. The molecule has 0 aliphatic rings. The topological polar surface area (TPSA) is 93.2 Å². The van der Waals surface area contributed by atoms with Crippen molar-refractivity contribution in [1.82, 2.24) is 14.1 Å². The van der Waals surface area contributed by atoms with Crippen LogP contribution in [-0.2, 0) is 16.4 Å². The maximum Gasteiger partial charge on any atom is 0.240 e. The number of nitrogens with one attached hydrogen (secondary N) is 2. The van der Waals surface area contributed by atoms with E-state index in [4.69, 9.17) is 4.74 Å². The van der Waals surface area contributed by atoms with Crippen LogP contribution in [0.3, 0.4) is 0 Å². The molecule has 7 nitrogen and oxygen atoms in total. The van der Waals surface area contributed by atoms with Gasteiger partial charge in [0, 0.05) is 31.0 Å². The molecule has 154 valence electrons. The molecule has 1 aromatic heterocycles. The number of hydrogen-bond donors (Lipinski definition) is 2. The zero-order valence-corrected chi connectivity index (χ0v) is 17.6. The molecule has 1 heterocycles. The Bertz CT molecular complexity index is 1070. The fraction of sp³-hybridized carbons (Fsp3) is 0.263. The van der Waals surface area contributed by atoms with Crippen LogP contribution in [0.1, 0.15) is 17.0 Å². The third-order valence-electron chi connectivity index (χ3n) is 4.12. The van der Waals surface area contributed by atoms with Gasteiger partial charge in [0.1, 0.15) is 17.4 Å². The molecule has 0 aliphatic carbocycles. The molecule has 2 N–H and O–H groups in total. The second-order valence-electron chi connectivity index (χ2n) is 6.28. The average molecular weight is 437 g/mol. The van der Waals surface area contributed by atoms with Gasteiger partial charge in [0.05, 0.1) is 12.0 Å². The maximum absolute atomic E-state index is 13.3. The number of hydrogen-bond acceptors (Lipinski definition) is 7. The van der Waals surface area contributed by atoms with Crippen molar-refractivity contribution in [3.05, 3.63) is 65.2 Å². The molecule has 0 bridgehead atoms. The molecule has 0 unspecified atom stereocenters. The molecule has 3 aromatic rings. The van der Waals surface area contributed by atoms with Gasteiger partial charge in [0.25, 0.3) is 0 Å². The summed E-state index contributed by atoms with van der Waals surface area (Å²) in [4.78, 5) is 4.55. The summed E-state index contributed by atoms with van der Waals surface area (Å²) in [7, 11) is -2.07. The predicted molar refractivity (Wildman–Crippen MR) is 111 cm³/mol. The lowest BCUT2D eigenvalue weighted by molar-refractivity contribution is 0.414. The highest BCUT2D eigenvalue weighted by Crippen LogP contribution is 2.17. The van der Waals surface area contributed by atoms with Gasteiger partial charge in [-0.3, -0.25) is 0 Å². The molecule has 0 saturated carbocycles. The van der Waals surface area contributed by atoms with Crippen molar-refractivity contribution in [3.63, 3.8) is 0 Å². The lowest BCUT2D eigenvalue weighted by Crippen LogP contribution is -2.28. The number of nitrogens with zero attached hydrogens (tertiary/aromatic N) is 2. The van der Waals surface area contributed by atoms with E-state index in [1.165, 1.54) is 36.8 Å². The number of halogens is 1. The monoisotopic (exact) mass is 436 g/mol. The Morgan fingerprint density at radius 1 is 1.14 bits per heavy atom.